The molecule has 6 aromatic carbocycles. The van der Waals surface area contributed by atoms with E-state index in [-0.39, 0.29) is 10.8 Å². The molecule has 216 valence electrons. The number of aromatic nitrogens is 3. The average Bonchev–Trinajstić information content (AvgIpc) is 3.41. The zero-order chi connectivity index (χ0) is 30.5. The molecule has 0 bridgehead atoms. The van der Waals surface area contributed by atoms with Crippen molar-refractivity contribution in [3.63, 3.8) is 0 Å². The number of hydrogen-bond donors (Lipinski definition) is 0. The molecular formula is C42H33N3. The van der Waals surface area contributed by atoms with Crippen LogP contribution in [0.2, 0.25) is 0 Å². The van der Waals surface area contributed by atoms with Gasteiger partial charge in [0.2, 0.25) is 5.95 Å². The third-order valence-corrected chi connectivity index (χ3v) is 10.7. The van der Waals surface area contributed by atoms with Crippen LogP contribution in [0.15, 0.2) is 127 Å². The van der Waals surface area contributed by atoms with Crippen molar-refractivity contribution in [2.45, 2.75) is 38.5 Å². The van der Waals surface area contributed by atoms with Crippen molar-refractivity contribution < 1.29 is 0 Å². The van der Waals surface area contributed by atoms with E-state index < -0.39 is 0 Å². The molecule has 0 unspecified atom stereocenters. The smallest absolute Gasteiger partial charge is 0.235 e. The van der Waals surface area contributed by atoms with Crippen LogP contribution in [-0.4, -0.2) is 14.5 Å². The van der Waals surface area contributed by atoms with Gasteiger partial charge in [0, 0.05) is 27.1 Å². The number of nitrogens with zero attached hydrogens (tertiary/aromatic N) is 3. The summed E-state index contributed by atoms with van der Waals surface area (Å²) in [5.41, 5.74) is 10.3. The van der Waals surface area contributed by atoms with Gasteiger partial charge in [-0.2, -0.15) is 0 Å². The van der Waals surface area contributed by atoms with Gasteiger partial charge in [-0.3, -0.25) is 4.57 Å². The first-order valence-electron chi connectivity index (χ1n) is 15.8. The summed E-state index contributed by atoms with van der Waals surface area (Å²) in [6.07, 6.45) is 0. The van der Waals surface area contributed by atoms with E-state index in [1.54, 1.807) is 0 Å². The Morgan fingerprint density at radius 1 is 0.533 bits per heavy atom. The fourth-order valence-corrected chi connectivity index (χ4v) is 7.82. The number of fused-ring (bicyclic) bond motifs is 10. The summed E-state index contributed by atoms with van der Waals surface area (Å²) in [4.78, 5) is 10.7. The highest BCUT2D eigenvalue weighted by molar-refractivity contribution is 6.14. The first-order valence-corrected chi connectivity index (χ1v) is 15.8. The number of benzene rings is 6. The van der Waals surface area contributed by atoms with Crippen molar-refractivity contribution in [2.24, 2.45) is 0 Å². The largest absolute Gasteiger partial charge is 0.278 e. The summed E-state index contributed by atoms with van der Waals surface area (Å²) >= 11 is 0. The van der Waals surface area contributed by atoms with E-state index >= 15 is 0 Å². The first-order chi connectivity index (χ1) is 21.9. The molecule has 1 aliphatic rings. The van der Waals surface area contributed by atoms with Gasteiger partial charge < -0.3 is 0 Å². The zero-order valence-electron chi connectivity index (χ0n) is 26.0. The minimum atomic E-state index is -0.206. The van der Waals surface area contributed by atoms with Gasteiger partial charge in [0.25, 0.3) is 0 Å². The molecule has 3 nitrogen and oxygen atoms in total. The third kappa shape index (κ3) is 3.47. The van der Waals surface area contributed by atoms with Gasteiger partial charge in [-0.05, 0) is 50.6 Å². The standard InChI is InChI=1S/C42H33N3/c1-41(2)33-25-22-26-14-8-9-17-28(26)36(33)32-24-23-30-29-18-11-13-21-35(29)45(39(30)37(32)42(41,3)4)40-43-34-20-12-10-19-31(34)38(44-40)27-15-6-5-7-16-27/h5-25H,1-4H3. The summed E-state index contributed by atoms with van der Waals surface area (Å²) in [6, 6.07) is 45.7. The highest BCUT2D eigenvalue weighted by Gasteiger charge is 2.48. The number of rotatable bonds is 2. The fraction of sp³-hybridized carbons (Fsp3) is 0.143. The lowest BCUT2D eigenvalue weighted by Crippen LogP contribution is -2.44. The van der Waals surface area contributed by atoms with Crippen LogP contribution >= 0.6 is 0 Å². The van der Waals surface area contributed by atoms with Crippen LogP contribution in [-0.2, 0) is 10.8 Å². The molecule has 0 atom stereocenters. The quantitative estimate of drug-likeness (QED) is 0.204. The maximum absolute atomic E-state index is 5.39. The molecular weight excluding hydrogens is 546 g/mol. The lowest BCUT2D eigenvalue weighted by atomic mass is 9.54. The van der Waals surface area contributed by atoms with Crippen molar-refractivity contribution in [3.05, 3.63) is 139 Å². The SMILES string of the molecule is CC1(C)c2ccc3ccccc3c2-c2ccc3c4ccccc4n(-c4nc(-c5ccccc5)c5ccccc5n4)c3c2C1(C)C. The molecule has 0 N–H and O–H groups in total. The molecule has 0 radical (unpaired) electrons. The monoisotopic (exact) mass is 579 g/mol. The Morgan fingerprint density at radius 2 is 1.22 bits per heavy atom. The molecule has 2 heterocycles. The summed E-state index contributed by atoms with van der Waals surface area (Å²) in [5, 5.41) is 6.07. The van der Waals surface area contributed by atoms with E-state index in [1.807, 2.05) is 0 Å². The van der Waals surface area contributed by atoms with Gasteiger partial charge in [-0.1, -0.05) is 143 Å². The molecule has 1 aliphatic carbocycles. The Kier molecular flexibility index (Phi) is 5.30. The van der Waals surface area contributed by atoms with E-state index in [4.69, 9.17) is 9.97 Å². The maximum Gasteiger partial charge on any atom is 0.235 e. The highest BCUT2D eigenvalue weighted by Crippen LogP contribution is 2.58. The Hall–Kier alpha value is -5.28. The maximum atomic E-state index is 5.39. The molecule has 0 spiro atoms. The van der Waals surface area contributed by atoms with Crippen molar-refractivity contribution >= 4 is 43.5 Å². The Morgan fingerprint density at radius 3 is 2.04 bits per heavy atom. The van der Waals surface area contributed by atoms with Crippen molar-refractivity contribution in [1.82, 2.24) is 14.5 Å². The third-order valence-electron chi connectivity index (χ3n) is 10.7. The lowest BCUT2D eigenvalue weighted by Gasteiger charge is -2.49. The van der Waals surface area contributed by atoms with Gasteiger partial charge >= 0.3 is 0 Å². The van der Waals surface area contributed by atoms with Crippen LogP contribution in [0.4, 0.5) is 0 Å². The predicted molar refractivity (Wildman–Crippen MR) is 188 cm³/mol. The van der Waals surface area contributed by atoms with Gasteiger partial charge in [0.15, 0.2) is 0 Å². The molecule has 0 amide bonds. The van der Waals surface area contributed by atoms with E-state index in [0.717, 1.165) is 27.7 Å². The second-order valence-electron chi connectivity index (χ2n) is 13.5. The van der Waals surface area contributed by atoms with E-state index in [9.17, 15) is 0 Å². The minimum Gasteiger partial charge on any atom is -0.278 e. The minimum absolute atomic E-state index is 0.144. The average molecular weight is 580 g/mol. The molecule has 45 heavy (non-hydrogen) atoms. The normalized spacial score (nSPS) is 15.0. The Balaban J connectivity index is 1.48. The van der Waals surface area contributed by atoms with Gasteiger partial charge in [0.05, 0.1) is 22.2 Å². The van der Waals surface area contributed by atoms with Crippen LogP contribution in [0.1, 0.15) is 38.8 Å². The second-order valence-corrected chi connectivity index (χ2v) is 13.5. The van der Waals surface area contributed by atoms with E-state index in [0.29, 0.717) is 5.95 Å². The van der Waals surface area contributed by atoms with E-state index in [2.05, 4.69) is 160 Å². The van der Waals surface area contributed by atoms with Crippen LogP contribution in [0.5, 0.6) is 0 Å². The highest BCUT2D eigenvalue weighted by atomic mass is 15.2. The van der Waals surface area contributed by atoms with Crippen LogP contribution in [0.25, 0.3) is 71.8 Å². The molecule has 0 saturated carbocycles. The van der Waals surface area contributed by atoms with Gasteiger partial charge in [-0.15, -0.1) is 0 Å². The van der Waals surface area contributed by atoms with Crippen LogP contribution in [0, 0.1) is 0 Å². The molecule has 0 fully saturated rings. The topological polar surface area (TPSA) is 30.7 Å². The first kappa shape index (κ1) is 26.2. The molecule has 8 aromatic rings. The molecule has 2 aromatic heterocycles. The van der Waals surface area contributed by atoms with E-state index in [1.165, 1.54) is 49.3 Å². The zero-order valence-corrected chi connectivity index (χ0v) is 26.0. The van der Waals surface area contributed by atoms with Gasteiger partial charge in [0.1, 0.15) is 0 Å². The Bertz CT molecular complexity index is 2480. The van der Waals surface area contributed by atoms with Crippen LogP contribution < -0.4 is 0 Å². The number of para-hydroxylation sites is 2. The van der Waals surface area contributed by atoms with Crippen molar-refractivity contribution in [3.8, 4) is 28.3 Å². The van der Waals surface area contributed by atoms with Crippen molar-refractivity contribution in [1.29, 1.82) is 0 Å². The second kappa shape index (κ2) is 9.12. The summed E-state index contributed by atoms with van der Waals surface area (Å²) < 4.78 is 2.34. The number of hydrogen-bond acceptors (Lipinski definition) is 2. The lowest BCUT2D eigenvalue weighted by molar-refractivity contribution is 0.301. The summed E-state index contributed by atoms with van der Waals surface area (Å²) in [6.45, 7) is 9.66. The van der Waals surface area contributed by atoms with Crippen molar-refractivity contribution in [2.75, 3.05) is 0 Å². The fourth-order valence-electron chi connectivity index (χ4n) is 7.82. The predicted octanol–water partition coefficient (Wildman–Crippen LogP) is 10.8. The van der Waals surface area contributed by atoms with Gasteiger partial charge in [-0.25, -0.2) is 9.97 Å². The molecule has 0 saturated heterocycles. The molecule has 0 aliphatic heterocycles. The summed E-state index contributed by atoms with van der Waals surface area (Å²) in [7, 11) is 0. The molecule has 9 rings (SSSR count). The summed E-state index contributed by atoms with van der Waals surface area (Å²) in [5.74, 6) is 0.699. The molecule has 3 heteroatoms. The Labute approximate surface area is 262 Å². The van der Waals surface area contributed by atoms with Crippen LogP contribution in [0.3, 0.4) is 0 Å².